The highest BCUT2D eigenvalue weighted by Crippen LogP contribution is 2.25. The Labute approximate surface area is 224 Å². The minimum atomic E-state index is -3.82. The second-order valence-corrected chi connectivity index (χ2v) is 11.4. The summed E-state index contributed by atoms with van der Waals surface area (Å²) in [6.45, 7) is 4.61. The summed E-state index contributed by atoms with van der Waals surface area (Å²) in [4.78, 5) is 8.97. The number of aliphatic hydroxyl groups is 1. The first kappa shape index (κ1) is 26.3. The molecular formula is C30H34N4O3S. The number of aliphatic hydroxyl groups excluding tert-OH is 1. The molecule has 4 aromatic rings. The number of sulfonamides is 1. The topological polar surface area (TPSA) is 85.8 Å². The van der Waals surface area contributed by atoms with E-state index in [1.807, 2.05) is 18.2 Å². The lowest BCUT2D eigenvalue weighted by atomic mass is 10.1. The van der Waals surface area contributed by atoms with E-state index in [-0.39, 0.29) is 4.90 Å². The number of nitrogens with one attached hydrogen (secondary N) is 1. The van der Waals surface area contributed by atoms with E-state index in [1.54, 1.807) is 48.7 Å². The molecule has 2 N–H and O–H groups in total. The smallest absolute Gasteiger partial charge is 0.264 e. The van der Waals surface area contributed by atoms with Crippen LogP contribution >= 0.6 is 0 Å². The van der Waals surface area contributed by atoms with Crippen molar-refractivity contribution in [2.75, 3.05) is 37.4 Å². The number of benzene rings is 3. The van der Waals surface area contributed by atoms with Gasteiger partial charge in [-0.15, -0.1) is 0 Å². The molecule has 198 valence electrons. The number of aromatic nitrogens is 1. The van der Waals surface area contributed by atoms with Crippen molar-refractivity contribution in [3.63, 3.8) is 0 Å². The van der Waals surface area contributed by atoms with E-state index in [1.165, 1.54) is 5.56 Å². The van der Waals surface area contributed by atoms with E-state index in [0.717, 1.165) is 62.9 Å². The molecule has 1 atom stereocenters. The van der Waals surface area contributed by atoms with E-state index in [4.69, 9.17) is 0 Å². The number of pyridine rings is 1. The largest absolute Gasteiger partial charge is 0.374 e. The monoisotopic (exact) mass is 530 g/mol. The molecule has 1 unspecified atom stereocenters. The average Bonchev–Trinajstić information content (AvgIpc) is 3.19. The second kappa shape index (κ2) is 12.0. The summed E-state index contributed by atoms with van der Waals surface area (Å²) >= 11 is 0. The van der Waals surface area contributed by atoms with E-state index in [0.29, 0.717) is 11.2 Å². The Morgan fingerprint density at radius 3 is 2.47 bits per heavy atom. The van der Waals surface area contributed by atoms with Gasteiger partial charge in [0, 0.05) is 36.9 Å². The van der Waals surface area contributed by atoms with Crippen LogP contribution < -0.4 is 4.72 Å². The Balaban J connectivity index is 1.17. The third kappa shape index (κ3) is 6.39. The van der Waals surface area contributed by atoms with Gasteiger partial charge < -0.3 is 10.0 Å². The Morgan fingerprint density at radius 1 is 0.868 bits per heavy atom. The van der Waals surface area contributed by atoms with Crippen LogP contribution in [0.5, 0.6) is 0 Å². The molecule has 2 heterocycles. The Hall–Kier alpha value is -3.30. The van der Waals surface area contributed by atoms with Crippen molar-refractivity contribution in [2.24, 2.45) is 0 Å². The molecule has 0 saturated carbocycles. The predicted octanol–water partition coefficient (Wildman–Crippen LogP) is 4.67. The highest BCUT2D eigenvalue weighted by Gasteiger charge is 2.22. The van der Waals surface area contributed by atoms with Gasteiger partial charge in [-0.1, -0.05) is 60.7 Å². The van der Waals surface area contributed by atoms with E-state index < -0.39 is 16.3 Å². The standard InChI is InChI=1S/C30H34N4O3S/c35-30(34-21-7-20-33(22-23-34)19-6-10-24-8-2-1-3-9-24)26-14-16-27(17-15-26)32-38(36,37)28-13-4-11-25-12-5-18-31-29(25)28/h1-5,8-9,11-18,30,32,35H,6-7,10,19-23H2. The highest BCUT2D eigenvalue weighted by atomic mass is 32.2. The second-order valence-electron chi connectivity index (χ2n) is 9.75. The van der Waals surface area contributed by atoms with Gasteiger partial charge in [-0.3, -0.25) is 14.6 Å². The van der Waals surface area contributed by atoms with Crippen molar-refractivity contribution in [2.45, 2.75) is 30.4 Å². The SMILES string of the molecule is O=S(=O)(Nc1ccc(C(O)N2CCCN(CCCc3ccccc3)CC2)cc1)c1cccc2cccnc12. The summed E-state index contributed by atoms with van der Waals surface area (Å²) in [6, 6.07) is 26.3. The number of aryl methyl sites for hydroxylation is 1. The molecule has 5 rings (SSSR count). The third-order valence-corrected chi connectivity index (χ3v) is 8.51. The van der Waals surface area contributed by atoms with Gasteiger partial charge in [0.2, 0.25) is 0 Å². The summed E-state index contributed by atoms with van der Waals surface area (Å²) in [5, 5.41) is 11.8. The lowest BCUT2D eigenvalue weighted by Gasteiger charge is -2.27. The first-order valence-corrected chi connectivity index (χ1v) is 14.6. The number of hydrogen-bond acceptors (Lipinski definition) is 6. The highest BCUT2D eigenvalue weighted by molar-refractivity contribution is 7.93. The van der Waals surface area contributed by atoms with Crippen LogP contribution in [-0.2, 0) is 16.4 Å². The van der Waals surface area contributed by atoms with Gasteiger partial charge in [-0.2, -0.15) is 0 Å². The van der Waals surface area contributed by atoms with Gasteiger partial charge in [0.25, 0.3) is 10.0 Å². The van der Waals surface area contributed by atoms with Crippen LogP contribution in [0.15, 0.2) is 96.0 Å². The van der Waals surface area contributed by atoms with Gasteiger partial charge in [-0.25, -0.2) is 8.42 Å². The molecular weight excluding hydrogens is 496 g/mol. The van der Waals surface area contributed by atoms with Gasteiger partial charge in [0.15, 0.2) is 0 Å². The zero-order valence-corrected chi connectivity index (χ0v) is 22.2. The molecule has 1 saturated heterocycles. The van der Waals surface area contributed by atoms with Crippen LogP contribution in [0, 0.1) is 0 Å². The molecule has 1 aromatic heterocycles. The first-order valence-electron chi connectivity index (χ1n) is 13.1. The molecule has 0 spiro atoms. The van der Waals surface area contributed by atoms with Crippen molar-refractivity contribution < 1.29 is 13.5 Å². The van der Waals surface area contributed by atoms with Crippen LogP contribution in [0.4, 0.5) is 5.69 Å². The minimum absolute atomic E-state index is 0.137. The van der Waals surface area contributed by atoms with E-state index >= 15 is 0 Å². The zero-order chi connectivity index (χ0) is 26.4. The number of para-hydroxylation sites is 1. The number of anilines is 1. The van der Waals surface area contributed by atoms with Crippen molar-refractivity contribution in [3.05, 3.63) is 102 Å². The van der Waals surface area contributed by atoms with Gasteiger partial charge in [0.1, 0.15) is 11.1 Å². The van der Waals surface area contributed by atoms with E-state index in [9.17, 15) is 13.5 Å². The van der Waals surface area contributed by atoms with Crippen molar-refractivity contribution >= 4 is 26.6 Å². The van der Waals surface area contributed by atoms with Crippen molar-refractivity contribution in [1.82, 2.24) is 14.8 Å². The molecule has 8 heteroatoms. The van der Waals surface area contributed by atoms with Crippen molar-refractivity contribution in [1.29, 1.82) is 0 Å². The molecule has 7 nitrogen and oxygen atoms in total. The number of nitrogens with zero attached hydrogens (tertiary/aromatic N) is 3. The lowest BCUT2D eigenvalue weighted by molar-refractivity contribution is 0.00451. The van der Waals surface area contributed by atoms with Crippen LogP contribution in [0.1, 0.15) is 30.2 Å². The van der Waals surface area contributed by atoms with Gasteiger partial charge in [-0.05, 0) is 67.7 Å². The summed E-state index contributed by atoms with van der Waals surface area (Å²) in [6.07, 6.45) is 4.06. The fourth-order valence-corrected chi connectivity index (χ4v) is 6.29. The van der Waals surface area contributed by atoms with Crippen LogP contribution in [-0.4, -0.2) is 61.0 Å². The summed E-state index contributed by atoms with van der Waals surface area (Å²) in [5.41, 5.74) is 3.00. The Bertz CT molecular complexity index is 1440. The summed E-state index contributed by atoms with van der Waals surface area (Å²) in [5.74, 6) is 0. The molecule has 0 amide bonds. The molecule has 0 aliphatic carbocycles. The fourth-order valence-electron chi connectivity index (χ4n) is 5.05. The lowest BCUT2D eigenvalue weighted by Crippen LogP contribution is -2.34. The molecule has 1 aliphatic rings. The molecule has 0 bridgehead atoms. The van der Waals surface area contributed by atoms with Gasteiger partial charge in [0.05, 0.1) is 5.52 Å². The summed E-state index contributed by atoms with van der Waals surface area (Å²) < 4.78 is 28.8. The molecule has 38 heavy (non-hydrogen) atoms. The fraction of sp³-hybridized carbons (Fsp3) is 0.300. The Morgan fingerprint density at radius 2 is 1.66 bits per heavy atom. The van der Waals surface area contributed by atoms with Gasteiger partial charge >= 0.3 is 0 Å². The average molecular weight is 531 g/mol. The first-order chi connectivity index (χ1) is 18.5. The van der Waals surface area contributed by atoms with Crippen molar-refractivity contribution in [3.8, 4) is 0 Å². The molecule has 1 aliphatic heterocycles. The Kier molecular flexibility index (Phi) is 8.34. The normalized spacial score (nSPS) is 16.2. The molecule has 1 fully saturated rings. The number of rotatable bonds is 9. The van der Waals surface area contributed by atoms with Crippen LogP contribution in [0.25, 0.3) is 10.9 Å². The van der Waals surface area contributed by atoms with Crippen LogP contribution in [0.2, 0.25) is 0 Å². The zero-order valence-electron chi connectivity index (χ0n) is 21.4. The minimum Gasteiger partial charge on any atom is -0.374 e. The van der Waals surface area contributed by atoms with E-state index in [2.05, 4.69) is 43.8 Å². The maximum atomic E-state index is 13.1. The molecule has 3 aromatic carbocycles. The quantitative estimate of drug-likeness (QED) is 0.327. The maximum Gasteiger partial charge on any atom is 0.264 e. The predicted molar refractivity (Wildman–Crippen MR) is 151 cm³/mol. The third-order valence-electron chi connectivity index (χ3n) is 7.10. The van der Waals surface area contributed by atoms with Crippen LogP contribution in [0.3, 0.4) is 0 Å². The number of fused-ring (bicyclic) bond motifs is 1. The maximum absolute atomic E-state index is 13.1. The summed E-state index contributed by atoms with van der Waals surface area (Å²) in [7, 11) is -3.82. The molecule has 0 radical (unpaired) electrons. The number of hydrogen-bond donors (Lipinski definition) is 2.